The summed E-state index contributed by atoms with van der Waals surface area (Å²) in [6.45, 7) is 0.788. The van der Waals surface area contributed by atoms with Crippen LogP contribution in [0.1, 0.15) is 16.8 Å². The van der Waals surface area contributed by atoms with E-state index in [0.717, 1.165) is 17.8 Å². The standard InChI is InChI=1S/C31H25N2/c1-4-10-26(11-5-1)24-33-30(17-16-25-18-20-32-21-19-25)22-29(27-12-6-2-7-13-27)23-31(33)28-14-8-3-9-15-28/h1-23H,24H2/q+1/b17-16+. The maximum Gasteiger partial charge on any atom is 0.213 e. The second-order valence-electron chi connectivity index (χ2n) is 7.97. The predicted octanol–water partition coefficient (Wildman–Crippen LogP) is 6.92. The van der Waals surface area contributed by atoms with Gasteiger partial charge in [-0.25, -0.2) is 0 Å². The van der Waals surface area contributed by atoms with Crippen molar-refractivity contribution >= 4 is 12.2 Å². The zero-order chi connectivity index (χ0) is 22.3. The van der Waals surface area contributed by atoms with Crippen molar-refractivity contribution < 1.29 is 4.57 Å². The van der Waals surface area contributed by atoms with Crippen LogP contribution in [0.15, 0.2) is 128 Å². The maximum atomic E-state index is 4.14. The summed E-state index contributed by atoms with van der Waals surface area (Å²) in [4.78, 5) is 4.14. The molecule has 3 aromatic carbocycles. The van der Waals surface area contributed by atoms with E-state index in [4.69, 9.17) is 0 Å². The first-order valence-corrected chi connectivity index (χ1v) is 11.2. The van der Waals surface area contributed by atoms with Crippen LogP contribution in [0.5, 0.6) is 0 Å². The lowest BCUT2D eigenvalue weighted by Crippen LogP contribution is -2.40. The average Bonchev–Trinajstić information content (AvgIpc) is 2.90. The van der Waals surface area contributed by atoms with Gasteiger partial charge in [0.05, 0.1) is 0 Å². The van der Waals surface area contributed by atoms with Gasteiger partial charge in [-0.3, -0.25) is 4.98 Å². The first-order valence-electron chi connectivity index (χ1n) is 11.2. The van der Waals surface area contributed by atoms with Gasteiger partial charge in [-0.1, -0.05) is 78.9 Å². The van der Waals surface area contributed by atoms with Crippen LogP contribution in [0.2, 0.25) is 0 Å². The number of hydrogen-bond donors (Lipinski definition) is 0. The van der Waals surface area contributed by atoms with Crippen molar-refractivity contribution in [1.29, 1.82) is 0 Å². The number of aromatic nitrogens is 2. The van der Waals surface area contributed by atoms with Gasteiger partial charge in [0.25, 0.3) is 0 Å². The lowest BCUT2D eigenvalue weighted by atomic mass is 10.0. The van der Waals surface area contributed by atoms with E-state index in [0.29, 0.717) is 0 Å². The molecule has 5 aromatic rings. The number of pyridine rings is 2. The molecule has 0 amide bonds. The molecule has 0 aliphatic carbocycles. The van der Waals surface area contributed by atoms with Crippen molar-refractivity contribution in [3.05, 3.63) is 144 Å². The lowest BCUT2D eigenvalue weighted by Gasteiger charge is -2.11. The molecule has 0 fully saturated rings. The van der Waals surface area contributed by atoms with Crippen molar-refractivity contribution in [3.63, 3.8) is 0 Å². The van der Waals surface area contributed by atoms with Crippen molar-refractivity contribution in [1.82, 2.24) is 4.98 Å². The zero-order valence-corrected chi connectivity index (χ0v) is 18.4. The van der Waals surface area contributed by atoms with Gasteiger partial charge in [0.15, 0.2) is 6.54 Å². The lowest BCUT2D eigenvalue weighted by molar-refractivity contribution is -0.679. The second-order valence-corrected chi connectivity index (χ2v) is 7.97. The molecule has 0 aliphatic rings. The Hall–Kier alpha value is -4.30. The van der Waals surface area contributed by atoms with Crippen LogP contribution >= 0.6 is 0 Å². The fourth-order valence-electron chi connectivity index (χ4n) is 4.03. The van der Waals surface area contributed by atoms with Crippen LogP contribution in [0.3, 0.4) is 0 Å². The fourth-order valence-corrected chi connectivity index (χ4v) is 4.03. The third-order valence-corrected chi connectivity index (χ3v) is 5.71. The Morgan fingerprint density at radius 3 is 1.85 bits per heavy atom. The van der Waals surface area contributed by atoms with Crippen LogP contribution < -0.4 is 4.57 Å². The van der Waals surface area contributed by atoms with Crippen molar-refractivity contribution in [2.45, 2.75) is 6.54 Å². The highest BCUT2D eigenvalue weighted by atomic mass is 15.0. The van der Waals surface area contributed by atoms with E-state index in [1.54, 1.807) is 0 Å². The first kappa shape index (κ1) is 20.6. The van der Waals surface area contributed by atoms with Gasteiger partial charge in [0.1, 0.15) is 0 Å². The number of rotatable bonds is 6. The van der Waals surface area contributed by atoms with Crippen LogP contribution in [0, 0.1) is 0 Å². The van der Waals surface area contributed by atoms with E-state index in [2.05, 4.69) is 125 Å². The van der Waals surface area contributed by atoms with E-state index in [1.807, 2.05) is 24.5 Å². The Morgan fingerprint density at radius 1 is 0.576 bits per heavy atom. The van der Waals surface area contributed by atoms with Gasteiger partial charge < -0.3 is 0 Å². The molecule has 0 radical (unpaired) electrons. The minimum Gasteiger partial charge on any atom is -0.265 e. The Balaban J connectivity index is 1.72. The molecular weight excluding hydrogens is 400 g/mol. The van der Waals surface area contributed by atoms with Gasteiger partial charge in [-0.15, -0.1) is 0 Å². The molecule has 0 saturated carbocycles. The molecule has 5 rings (SSSR count). The van der Waals surface area contributed by atoms with E-state index in [1.165, 1.54) is 27.9 Å². The smallest absolute Gasteiger partial charge is 0.213 e. The second kappa shape index (κ2) is 9.88. The highest BCUT2D eigenvalue weighted by Crippen LogP contribution is 2.26. The molecule has 2 heterocycles. The van der Waals surface area contributed by atoms with Crippen molar-refractivity contribution in [2.24, 2.45) is 0 Å². The molecule has 158 valence electrons. The van der Waals surface area contributed by atoms with Crippen molar-refractivity contribution in [3.8, 4) is 22.4 Å². The molecule has 0 N–H and O–H groups in total. The monoisotopic (exact) mass is 425 g/mol. The Morgan fingerprint density at radius 2 is 1.18 bits per heavy atom. The van der Waals surface area contributed by atoms with E-state index < -0.39 is 0 Å². The summed E-state index contributed by atoms with van der Waals surface area (Å²) in [6.07, 6.45) is 8.01. The zero-order valence-electron chi connectivity index (χ0n) is 18.4. The number of nitrogens with zero attached hydrogens (tertiary/aromatic N) is 2. The summed E-state index contributed by atoms with van der Waals surface area (Å²) in [6, 6.07) is 40.5. The number of benzene rings is 3. The van der Waals surface area contributed by atoms with E-state index in [-0.39, 0.29) is 0 Å². The molecule has 0 unspecified atom stereocenters. The maximum absolute atomic E-state index is 4.14. The molecule has 0 saturated heterocycles. The molecular formula is C31H25N2+. The Kier molecular flexibility index (Phi) is 6.17. The third-order valence-electron chi connectivity index (χ3n) is 5.71. The molecule has 2 heteroatoms. The summed E-state index contributed by atoms with van der Waals surface area (Å²) in [5.41, 5.74) is 8.34. The van der Waals surface area contributed by atoms with Crippen LogP contribution in [-0.4, -0.2) is 4.98 Å². The van der Waals surface area contributed by atoms with Gasteiger partial charge in [-0.05, 0) is 47.0 Å². The minimum absolute atomic E-state index is 0.788. The highest BCUT2D eigenvalue weighted by Gasteiger charge is 2.20. The summed E-state index contributed by atoms with van der Waals surface area (Å²) in [7, 11) is 0. The fraction of sp³-hybridized carbons (Fsp3) is 0.0323. The largest absolute Gasteiger partial charge is 0.265 e. The van der Waals surface area contributed by atoms with Crippen LogP contribution in [0.25, 0.3) is 34.5 Å². The summed E-state index contributed by atoms with van der Waals surface area (Å²) in [5.74, 6) is 0. The van der Waals surface area contributed by atoms with E-state index in [9.17, 15) is 0 Å². The summed E-state index contributed by atoms with van der Waals surface area (Å²) in [5, 5.41) is 0. The molecule has 0 atom stereocenters. The average molecular weight is 426 g/mol. The van der Waals surface area contributed by atoms with Gasteiger partial charge in [0, 0.05) is 41.7 Å². The molecule has 0 bridgehead atoms. The molecule has 0 aliphatic heterocycles. The van der Waals surface area contributed by atoms with Gasteiger partial charge in [-0.2, -0.15) is 4.57 Å². The topological polar surface area (TPSA) is 16.8 Å². The quantitative estimate of drug-likeness (QED) is 0.270. The van der Waals surface area contributed by atoms with Crippen molar-refractivity contribution in [2.75, 3.05) is 0 Å². The Bertz CT molecular complexity index is 1340. The van der Waals surface area contributed by atoms with Gasteiger partial charge >= 0.3 is 0 Å². The Labute approximate surface area is 195 Å². The third kappa shape index (κ3) is 4.97. The normalized spacial score (nSPS) is 11.0. The number of hydrogen-bond acceptors (Lipinski definition) is 1. The summed E-state index contributed by atoms with van der Waals surface area (Å²) >= 11 is 0. The molecule has 2 aromatic heterocycles. The van der Waals surface area contributed by atoms with Crippen LogP contribution in [-0.2, 0) is 6.54 Å². The van der Waals surface area contributed by atoms with Gasteiger partial charge in [0.2, 0.25) is 11.4 Å². The molecule has 2 nitrogen and oxygen atoms in total. The summed E-state index contributed by atoms with van der Waals surface area (Å²) < 4.78 is 2.40. The van der Waals surface area contributed by atoms with Crippen LogP contribution in [0.4, 0.5) is 0 Å². The van der Waals surface area contributed by atoms with E-state index >= 15 is 0 Å². The molecule has 33 heavy (non-hydrogen) atoms. The SMILES string of the molecule is C(=C\c1cc(-c2ccccc2)cc(-c2ccccc2)[n+]1Cc1ccccc1)/c1ccncc1. The highest BCUT2D eigenvalue weighted by molar-refractivity contribution is 5.74. The first-order chi connectivity index (χ1) is 16.4. The molecule has 0 spiro atoms. The minimum atomic E-state index is 0.788. The predicted molar refractivity (Wildman–Crippen MR) is 136 cm³/mol.